The number of benzene rings is 1. The monoisotopic (exact) mass is 412 g/mol. The Morgan fingerprint density at radius 2 is 1.82 bits per heavy atom. The molecule has 0 fully saturated rings. The predicted molar refractivity (Wildman–Crippen MR) is 113 cm³/mol. The molecular weight excluding hydrogens is 392 g/mol. The first kappa shape index (κ1) is 18.6. The van der Waals surface area contributed by atoms with Crippen molar-refractivity contribution in [1.82, 2.24) is 14.8 Å². The molecule has 144 valence electrons. The van der Waals surface area contributed by atoms with Crippen LogP contribution < -0.4 is 4.72 Å². The second-order valence-electron chi connectivity index (χ2n) is 6.90. The van der Waals surface area contributed by atoms with Crippen LogP contribution in [0.25, 0.3) is 16.7 Å². The van der Waals surface area contributed by atoms with Crippen molar-refractivity contribution in [2.45, 2.75) is 31.9 Å². The molecule has 4 aromatic rings. The Morgan fingerprint density at radius 3 is 2.54 bits per heavy atom. The van der Waals surface area contributed by atoms with Crippen molar-refractivity contribution >= 4 is 38.1 Å². The van der Waals surface area contributed by atoms with Gasteiger partial charge in [0.05, 0.1) is 11.2 Å². The molecule has 4 rings (SSSR count). The fourth-order valence-corrected chi connectivity index (χ4v) is 5.31. The van der Waals surface area contributed by atoms with Crippen molar-refractivity contribution < 1.29 is 8.42 Å². The van der Waals surface area contributed by atoms with Gasteiger partial charge in [-0.2, -0.15) is 9.78 Å². The van der Waals surface area contributed by atoms with Gasteiger partial charge < -0.3 is 0 Å². The Hall–Kier alpha value is -2.71. The number of nitrogens with zero attached hydrogens (tertiary/aromatic N) is 3. The molecule has 28 heavy (non-hydrogen) atoms. The summed E-state index contributed by atoms with van der Waals surface area (Å²) in [6.07, 6.45) is 0. The van der Waals surface area contributed by atoms with Crippen LogP contribution in [0, 0.1) is 27.7 Å². The van der Waals surface area contributed by atoms with E-state index in [1.165, 1.54) is 16.9 Å². The number of thiophene rings is 1. The Bertz CT molecular complexity index is 1290. The van der Waals surface area contributed by atoms with Gasteiger partial charge in [0.15, 0.2) is 5.82 Å². The number of hydrogen-bond donors (Lipinski definition) is 1. The van der Waals surface area contributed by atoms with E-state index in [1.807, 2.05) is 26.8 Å². The molecule has 3 heterocycles. The maximum Gasteiger partial charge on any atom is 0.272 e. The van der Waals surface area contributed by atoms with Crippen LogP contribution in [0.3, 0.4) is 0 Å². The third-order valence-electron chi connectivity index (χ3n) is 4.49. The highest BCUT2D eigenvalue weighted by molar-refractivity contribution is 7.94. The average Bonchev–Trinajstić information content (AvgIpc) is 3.25. The van der Waals surface area contributed by atoms with E-state index in [4.69, 9.17) is 4.98 Å². The summed E-state index contributed by atoms with van der Waals surface area (Å²) in [5.41, 5.74) is 4.91. The highest BCUT2D eigenvalue weighted by Crippen LogP contribution is 2.27. The zero-order valence-corrected chi connectivity index (χ0v) is 17.6. The molecule has 0 amide bonds. The van der Waals surface area contributed by atoms with Gasteiger partial charge in [0.2, 0.25) is 0 Å². The zero-order valence-electron chi connectivity index (χ0n) is 16.0. The molecule has 0 spiro atoms. The molecule has 0 aliphatic rings. The largest absolute Gasteiger partial charge is 0.272 e. The van der Waals surface area contributed by atoms with E-state index in [0.717, 1.165) is 22.0 Å². The Labute approximate surface area is 167 Å². The highest BCUT2D eigenvalue weighted by Gasteiger charge is 2.20. The number of pyridine rings is 1. The lowest BCUT2D eigenvalue weighted by Crippen LogP contribution is -2.15. The van der Waals surface area contributed by atoms with Gasteiger partial charge in [-0.05, 0) is 62.4 Å². The number of rotatable bonds is 4. The summed E-state index contributed by atoms with van der Waals surface area (Å²) in [7, 11) is -3.67. The fourth-order valence-electron chi connectivity index (χ4n) is 3.29. The molecule has 6 nitrogen and oxygen atoms in total. The minimum atomic E-state index is -3.67. The molecule has 1 N–H and O–H groups in total. The molecule has 3 aromatic heterocycles. The van der Waals surface area contributed by atoms with Crippen LogP contribution in [-0.4, -0.2) is 23.2 Å². The number of aromatic nitrogens is 3. The number of aryl methyl sites for hydroxylation is 4. The highest BCUT2D eigenvalue weighted by atomic mass is 32.2. The van der Waals surface area contributed by atoms with Crippen LogP contribution >= 0.6 is 11.3 Å². The fraction of sp³-hybridized carbons (Fsp3) is 0.200. The van der Waals surface area contributed by atoms with Gasteiger partial charge in [-0.25, -0.2) is 13.4 Å². The quantitative estimate of drug-likeness (QED) is 0.535. The van der Waals surface area contributed by atoms with Crippen LogP contribution in [0.5, 0.6) is 0 Å². The smallest absolute Gasteiger partial charge is 0.263 e. The van der Waals surface area contributed by atoms with Crippen LogP contribution in [0.4, 0.5) is 5.82 Å². The first-order chi connectivity index (χ1) is 13.2. The molecule has 0 saturated heterocycles. The number of nitrogens with one attached hydrogen (secondary N) is 1. The van der Waals surface area contributed by atoms with E-state index < -0.39 is 10.0 Å². The van der Waals surface area contributed by atoms with Crippen LogP contribution in [0.15, 0.2) is 46.0 Å². The third-order valence-corrected chi connectivity index (χ3v) is 7.24. The van der Waals surface area contributed by atoms with E-state index in [9.17, 15) is 8.42 Å². The lowest BCUT2D eigenvalue weighted by Gasteiger charge is -2.12. The van der Waals surface area contributed by atoms with Crippen LogP contribution in [-0.2, 0) is 10.0 Å². The molecule has 0 aliphatic carbocycles. The summed E-state index contributed by atoms with van der Waals surface area (Å²) in [4.78, 5) is 4.78. The predicted octanol–water partition coefficient (Wildman–Crippen LogP) is 4.52. The van der Waals surface area contributed by atoms with Gasteiger partial charge in [0.1, 0.15) is 10.0 Å². The van der Waals surface area contributed by atoms with E-state index in [1.54, 1.807) is 28.3 Å². The van der Waals surface area contributed by atoms with Crippen molar-refractivity contribution in [3.05, 3.63) is 64.2 Å². The molecule has 0 bridgehead atoms. The van der Waals surface area contributed by atoms with E-state index >= 15 is 0 Å². The molecule has 0 atom stereocenters. The Morgan fingerprint density at radius 1 is 1.04 bits per heavy atom. The van der Waals surface area contributed by atoms with Gasteiger partial charge >= 0.3 is 0 Å². The van der Waals surface area contributed by atoms with Crippen molar-refractivity contribution in [1.29, 1.82) is 0 Å². The minimum Gasteiger partial charge on any atom is -0.263 e. The first-order valence-corrected chi connectivity index (χ1v) is 11.1. The molecule has 8 heteroatoms. The van der Waals surface area contributed by atoms with E-state index in [2.05, 4.69) is 28.9 Å². The summed E-state index contributed by atoms with van der Waals surface area (Å²) < 4.78 is 29.8. The third kappa shape index (κ3) is 3.29. The Balaban J connectivity index is 1.85. The summed E-state index contributed by atoms with van der Waals surface area (Å²) in [6, 6.07) is 11.1. The summed E-state index contributed by atoms with van der Waals surface area (Å²) >= 11 is 1.17. The molecule has 0 aliphatic heterocycles. The molecule has 0 unspecified atom stereocenters. The lowest BCUT2D eigenvalue weighted by atomic mass is 10.0. The number of anilines is 1. The maximum atomic E-state index is 12.7. The Kier molecular flexibility index (Phi) is 4.47. The van der Waals surface area contributed by atoms with Crippen LogP contribution in [0.2, 0.25) is 0 Å². The summed E-state index contributed by atoms with van der Waals surface area (Å²) in [6.45, 7) is 7.94. The van der Waals surface area contributed by atoms with Crippen molar-refractivity contribution in [3.63, 3.8) is 0 Å². The second-order valence-corrected chi connectivity index (χ2v) is 9.75. The minimum absolute atomic E-state index is 0.256. The van der Waals surface area contributed by atoms with Gasteiger partial charge in [-0.15, -0.1) is 11.3 Å². The molecule has 0 saturated carbocycles. The maximum absolute atomic E-state index is 12.7. The average molecular weight is 413 g/mol. The molecular formula is C20H20N4O2S2. The number of hydrogen-bond acceptors (Lipinski definition) is 5. The number of sulfonamides is 1. The summed E-state index contributed by atoms with van der Waals surface area (Å²) in [5, 5.41) is 7.29. The van der Waals surface area contributed by atoms with E-state index in [-0.39, 0.29) is 4.21 Å². The first-order valence-electron chi connectivity index (χ1n) is 8.76. The second kappa shape index (κ2) is 6.72. The van der Waals surface area contributed by atoms with Crippen molar-refractivity contribution in [3.8, 4) is 5.82 Å². The molecule has 1 aromatic carbocycles. The van der Waals surface area contributed by atoms with Gasteiger partial charge in [0.25, 0.3) is 10.0 Å². The van der Waals surface area contributed by atoms with Gasteiger partial charge in [0, 0.05) is 11.5 Å². The SMILES string of the molecule is Cc1cc(C)c2nc(-n3nc(C)cc3NS(=O)(=O)c3cccs3)cc(C)c2c1. The van der Waals surface area contributed by atoms with Gasteiger partial charge in [-0.1, -0.05) is 17.7 Å². The normalized spacial score (nSPS) is 11.9. The topological polar surface area (TPSA) is 76.9 Å². The molecule has 0 radical (unpaired) electrons. The van der Waals surface area contributed by atoms with Crippen LogP contribution in [0.1, 0.15) is 22.4 Å². The van der Waals surface area contributed by atoms with E-state index in [0.29, 0.717) is 17.3 Å². The standard InChI is InChI=1S/C20H20N4O2S2/c1-12-8-14(3)20-16(9-12)13(2)10-17(21-20)24-18(11-15(4)22-24)23-28(25,26)19-6-5-7-27-19/h5-11,23H,1-4H3. The lowest BCUT2D eigenvalue weighted by molar-refractivity contribution is 0.602. The van der Waals surface area contributed by atoms with Crippen molar-refractivity contribution in [2.75, 3.05) is 4.72 Å². The zero-order chi connectivity index (χ0) is 20.1. The summed E-state index contributed by atoms with van der Waals surface area (Å²) in [5.74, 6) is 0.941. The number of fused-ring (bicyclic) bond motifs is 1. The van der Waals surface area contributed by atoms with Crippen molar-refractivity contribution in [2.24, 2.45) is 0 Å². The van der Waals surface area contributed by atoms with Gasteiger partial charge in [-0.3, -0.25) is 4.72 Å².